The molecule has 150 valence electrons. The maximum absolute atomic E-state index is 12.6. The van der Waals surface area contributed by atoms with Gasteiger partial charge in [0.1, 0.15) is 0 Å². The highest BCUT2D eigenvalue weighted by Gasteiger charge is 2.25. The molecule has 1 fully saturated rings. The van der Waals surface area contributed by atoms with E-state index in [1.54, 1.807) is 35.2 Å². The van der Waals surface area contributed by atoms with Crippen molar-refractivity contribution in [3.05, 3.63) is 53.6 Å². The molecule has 3 N–H and O–H groups in total. The molecule has 1 aliphatic heterocycles. The van der Waals surface area contributed by atoms with Gasteiger partial charge < -0.3 is 20.9 Å². The van der Waals surface area contributed by atoms with Crippen LogP contribution in [0.2, 0.25) is 0 Å². The summed E-state index contributed by atoms with van der Waals surface area (Å²) in [4.78, 5) is 38.2. The zero-order valence-corrected chi connectivity index (χ0v) is 16.3. The van der Waals surface area contributed by atoms with E-state index in [2.05, 4.69) is 16.0 Å². The van der Waals surface area contributed by atoms with Crippen LogP contribution < -0.4 is 20.9 Å². The topological polar surface area (TPSA) is 90.5 Å². The fourth-order valence-corrected chi connectivity index (χ4v) is 3.41. The van der Waals surface area contributed by atoms with Gasteiger partial charge in [0.2, 0.25) is 5.91 Å². The minimum atomic E-state index is -0.210. The average Bonchev–Trinajstić information content (AvgIpc) is 3.43. The summed E-state index contributed by atoms with van der Waals surface area (Å²) >= 11 is 0. The number of nitrogens with zero attached hydrogens (tertiary/aromatic N) is 1. The number of urea groups is 1. The number of carbonyl (C=O) groups is 3. The Morgan fingerprint density at radius 1 is 1.00 bits per heavy atom. The van der Waals surface area contributed by atoms with Crippen molar-refractivity contribution in [3.8, 4) is 0 Å². The van der Waals surface area contributed by atoms with Gasteiger partial charge in [-0.25, -0.2) is 4.79 Å². The highest BCUT2D eigenvalue weighted by Crippen LogP contribution is 2.29. The molecule has 2 aromatic rings. The molecule has 1 heterocycles. The minimum absolute atomic E-state index is 0.0977. The fraction of sp³-hybridized carbons (Fsp3) is 0.318. The second-order valence-electron chi connectivity index (χ2n) is 7.40. The van der Waals surface area contributed by atoms with E-state index in [9.17, 15) is 14.4 Å². The van der Waals surface area contributed by atoms with E-state index in [0.717, 1.165) is 30.5 Å². The summed E-state index contributed by atoms with van der Waals surface area (Å²) in [5.74, 6) is -0.110. The second-order valence-corrected chi connectivity index (χ2v) is 7.40. The first kappa shape index (κ1) is 19.0. The van der Waals surface area contributed by atoms with Gasteiger partial charge in [0, 0.05) is 41.6 Å². The summed E-state index contributed by atoms with van der Waals surface area (Å²) < 4.78 is 0. The van der Waals surface area contributed by atoms with E-state index in [1.165, 1.54) is 0 Å². The molecule has 0 spiro atoms. The number of hydrogen-bond donors (Lipinski definition) is 3. The Kier molecular flexibility index (Phi) is 5.20. The Hall–Kier alpha value is -3.35. The lowest BCUT2D eigenvalue weighted by Crippen LogP contribution is -2.30. The van der Waals surface area contributed by atoms with Crippen LogP contribution in [0.15, 0.2) is 42.5 Å². The van der Waals surface area contributed by atoms with Gasteiger partial charge >= 0.3 is 6.03 Å². The van der Waals surface area contributed by atoms with Crippen molar-refractivity contribution < 1.29 is 14.4 Å². The first-order valence-electron chi connectivity index (χ1n) is 9.95. The summed E-state index contributed by atoms with van der Waals surface area (Å²) in [5.41, 5.74) is 3.78. The standard InChI is InChI=1S/C22H24N4O3/c1-2-20(27)26-12-11-14-13-15(3-10-19(14)26)21(28)23-16-4-6-17(7-5-16)24-22(29)25-18-8-9-18/h3-7,10,13,18H,2,8-9,11-12H2,1H3,(H,23,28)(H2,24,25,29). The molecule has 7 nitrogen and oxygen atoms in total. The van der Waals surface area contributed by atoms with Gasteiger partial charge in [0.15, 0.2) is 0 Å². The summed E-state index contributed by atoms with van der Waals surface area (Å²) in [6.07, 6.45) is 3.29. The van der Waals surface area contributed by atoms with E-state index in [-0.39, 0.29) is 17.8 Å². The molecule has 2 aliphatic rings. The zero-order valence-electron chi connectivity index (χ0n) is 16.3. The van der Waals surface area contributed by atoms with Crippen LogP contribution in [0.3, 0.4) is 0 Å². The molecule has 4 amide bonds. The SMILES string of the molecule is CCC(=O)N1CCc2cc(C(=O)Nc3ccc(NC(=O)NC4CC4)cc3)ccc21. The lowest BCUT2D eigenvalue weighted by molar-refractivity contribution is -0.118. The Balaban J connectivity index is 1.38. The fourth-order valence-electron chi connectivity index (χ4n) is 3.41. The molecule has 0 saturated heterocycles. The van der Waals surface area contributed by atoms with Crippen molar-refractivity contribution in [2.24, 2.45) is 0 Å². The van der Waals surface area contributed by atoms with Crippen molar-refractivity contribution in [1.29, 1.82) is 0 Å². The molecule has 29 heavy (non-hydrogen) atoms. The van der Waals surface area contributed by atoms with Gasteiger partial charge in [0.05, 0.1) is 0 Å². The van der Waals surface area contributed by atoms with Crippen LogP contribution in [0.1, 0.15) is 42.1 Å². The van der Waals surface area contributed by atoms with Gasteiger partial charge in [-0.15, -0.1) is 0 Å². The van der Waals surface area contributed by atoms with Gasteiger partial charge in [0.25, 0.3) is 5.91 Å². The molecule has 0 bridgehead atoms. The molecular formula is C22H24N4O3. The van der Waals surface area contributed by atoms with Crippen molar-refractivity contribution in [2.45, 2.75) is 38.6 Å². The van der Waals surface area contributed by atoms with Gasteiger partial charge in [-0.2, -0.15) is 0 Å². The van der Waals surface area contributed by atoms with Crippen molar-refractivity contribution in [3.63, 3.8) is 0 Å². The summed E-state index contributed by atoms with van der Waals surface area (Å²) in [6, 6.07) is 12.5. The highest BCUT2D eigenvalue weighted by atomic mass is 16.2. The quantitative estimate of drug-likeness (QED) is 0.727. The Labute approximate surface area is 169 Å². The van der Waals surface area contributed by atoms with E-state index < -0.39 is 0 Å². The number of fused-ring (bicyclic) bond motifs is 1. The molecule has 1 saturated carbocycles. The van der Waals surface area contributed by atoms with Crippen LogP contribution in [0.25, 0.3) is 0 Å². The predicted molar refractivity (Wildman–Crippen MR) is 112 cm³/mol. The number of benzene rings is 2. The number of anilines is 3. The molecule has 0 unspecified atom stereocenters. The largest absolute Gasteiger partial charge is 0.335 e. The minimum Gasteiger partial charge on any atom is -0.335 e. The maximum Gasteiger partial charge on any atom is 0.319 e. The van der Waals surface area contributed by atoms with Crippen LogP contribution in [-0.2, 0) is 11.2 Å². The third-order valence-electron chi connectivity index (χ3n) is 5.15. The number of amides is 4. The second kappa shape index (κ2) is 7.95. The zero-order chi connectivity index (χ0) is 20.4. The van der Waals surface area contributed by atoms with Gasteiger partial charge in [-0.3, -0.25) is 9.59 Å². The third-order valence-corrected chi connectivity index (χ3v) is 5.15. The molecule has 2 aromatic carbocycles. The van der Waals surface area contributed by atoms with Crippen LogP contribution in [0, 0.1) is 0 Å². The maximum atomic E-state index is 12.6. The number of carbonyl (C=O) groups excluding carboxylic acids is 3. The molecule has 0 aromatic heterocycles. The highest BCUT2D eigenvalue weighted by molar-refractivity contribution is 6.05. The van der Waals surface area contributed by atoms with Crippen molar-refractivity contribution >= 4 is 34.9 Å². The first-order chi connectivity index (χ1) is 14.0. The molecule has 1 aliphatic carbocycles. The average molecular weight is 392 g/mol. The molecule has 7 heteroatoms. The van der Waals surface area contributed by atoms with E-state index in [0.29, 0.717) is 35.9 Å². The van der Waals surface area contributed by atoms with Crippen LogP contribution in [0.4, 0.5) is 21.9 Å². The molecule has 4 rings (SSSR count). The normalized spacial score (nSPS) is 14.9. The molecule has 0 atom stereocenters. The monoisotopic (exact) mass is 392 g/mol. The van der Waals surface area contributed by atoms with Crippen LogP contribution in [0.5, 0.6) is 0 Å². The van der Waals surface area contributed by atoms with Gasteiger partial charge in [-0.05, 0) is 67.3 Å². The summed E-state index contributed by atoms with van der Waals surface area (Å²) in [7, 11) is 0. The summed E-state index contributed by atoms with van der Waals surface area (Å²) in [5, 5.41) is 8.51. The Morgan fingerprint density at radius 2 is 1.69 bits per heavy atom. The van der Waals surface area contributed by atoms with Crippen molar-refractivity contribution in [2.75, 3.05) is 22.1 Å². The van der Waals surface area contributed by atoms with Crippen LogP contribution >= 0.6 is 0 Å². The first-order valence-corrected chi connectivity index (χ1v) is 9.95. The van der Waals surface area contributed by atoms with E-state index >= 15 is 0 Å². The van der Waals surface area contributed by atoms with Crippen molar-refractivity contribution in [1.82, 2.24) is 5.32 Å². The van der Waals surface area contributed by atoms with Gasteiger partial charge in [-0.1, -0.05) is 6.92 Å². The van der Waals surface area contributed by atoms with E-state index in [1.807, 2.05) is 19.1 Å². The number of rotatable bonds is 5. The Bertz CT molecular complexity index is 951. The lowest BCUT2D eigenvalue weighted by atomic mass is 10.1. The number of nitrogens with one attached hydrogen (secondary N) is 3. The van der Waals surface area contributed by atoms with Crippen LogP contribution in [-0.4, -0.2) is 30.4 Å². The third kappa shape index (κ3) is 4.39. The smallest absolute Gasteiger partial charge is 0.319 e. The number of hydrogen-bond acceptors (Lipinski definition) is 3. The predicted octanol–water partition coefficient (Wildman–Crippen LogP) is 3.52. The molecular weight excluding hydrogens is 368 g/mol. The summed E-state index contributed by atoms with van der Waals surface area (Å²) in [6.45, 7) is 2.51. The lowest BCUT2D eigenvalue weighted by Gasteiger charge is -2.16. The molecule has 0 radical (unpaired) electrons. The Morgan fingerprint density at radius 3 is 2.34 bits per heavy atom. The van der Waals surface area contributed by atoms with E-state index in [4.69, 9.17) is 0 Å².